The van der Waals surface area contributed by atoms with Gasteiger partial charge in [0.15, 0.2) is 11.9 Å². The molecule has 0 saturated carbocycles. The number of esters is 1. The van der Waals surface area contributed by atoms with Crippen LogP contribution in [0.2, 0.25) is 0 Å². The van der Waals surface area contributed by atoms with Crippen molar-refractivity contribution in [2.75, 3.05) is 13.7 Å². The van der Waals surface area contributed by atoms with Crippen molar-refractivity contribution in [3.05, 3.63) is 59.7 Å². The molecule has 1 aromatic carbocycles. The molecular formula is C19H22O4. The van der Waals surface area contributed by atoms with E-state index >= 15 is 0 Å². The second-order valence-corrected chi connectivity index (χ2v) is 5.78. The van der Waals surface area contributed by atoms with Gasteiger partial charge in [0.1, 0.15) is 6.61 Å². The van der Waals surface area contributed by atoms with Crippen LogP contribution in [0.4, 0.5) is 0 Å². The number of benzene rings is 1. The average Bonchev–Trinajstić information content (AvgIpc) is 2.54. The third kappa shape index (κ3) is 4.39. The Morgan fingerprint density at radius 3 is 2.65 bits per heavy atom. The van der Waals surface area contributed by atoms with Crippen LogP contribution in [0.5, 0.6) is 0 Å². The van der Waals surface area contributed by atoms with E-state index in [9.17, 15) is 9.59 Å². The number of allylic oxidation sites excluding steroid dienone is 2. The van der Waals surface area contributed by atoms with Crippen LogP contribution in [0.15, 0.2) is 54.1 Å². The number of hydrogen-bond acceptors (Lipinski definition) is 4. The highest BCUT2D eigenvalue weighted by molar-refractivity contribution is 5.95. The Hall–Kier alpha value is -2.20. The summed E-state index contributed by atoms with van der Waals surface area (Å²) in [6.45, 7) is 5.90. The number of rotatable bonds is 6. The van der Waals surface area contributed by atoms with Crippen LogP contribution in [0, 0.1) is 5.92 Å². The number of methoxy groups -OCH3 is 1. The van der Waals surface area contributed by atoms with Gasteiger partial charge in [-0.3, -0.25) is 4.79 Å². The number of hydrogen-bond donors (Lipinski definition) is 0. The summed E-state index contributed by atoms with van der Waals surface area (Å²) in [7, 11) is 1.46. The van der Waals surface area contributed by atoms with Crippen molar-refractivity contribution in [2.45, 2.75) is 25.9 Å². The molecule has 23 heavy (non-hydrogen) atoms. The summed E-state index contributed by atoms with van der Waals surface area (Å²) in [6.07, 6.45) is 2.48. The molecule has 2 atom stereocenters. The second-order valence-electron chi connectivity index (χ2n) is 5.78. The normalized spacial score (nSPS) is 19.0. The molecule has 1 aliphatic rings. The Morgan fingerprint density at radius 1 is 1.35 bits per heavy atom. The van der Waals surface area contributed by atoms with Gasteiger partial charge in [-0.05, 0) is 37.0 Å². The van der Waals surface area contributed by atoms with Gasteiger partial charge >= 0.3 is 5.97 Å². The van der Waals surface area contributed by atoms with Crippen LogP contribution in [0.25, 0.3) is 0 Å². The highest BCUT2D eigenvalue weighted by Crippen LogP contribution is 2.26. The van der Waals surface area contributed by atoms with Crippen molar-refractivity contribution < 1.29 is 19.1 Å². The minimum absolute atomic E-state index is 0.0365. The van der Waals surface area contributed by atoms with Gasteiger partial charge in [0.25, 0.3) is 0 Å². The molecule has 0 fully saturated rings. The maximum absolute atomic E-state index is 12.2. The Labute approximate surface area is 136 Å². The van der Waals surface area contributed by atoms with Gasteiger partial charge in [-0.2, -0.15) is 0 Å². The molecule has 0 saturated heterocycles. The van der Waals surface area contributed by atoms with E-state index in [1.54, 1.807) is 6.08 Å². The van der Waals surface area contributed by atoms with Gasteiger partial charge in [0, 0.05) is 13.0 Å². The molecular weight excluding hydrogens is 292 g/mol. The van der Waals surface area contributed by atoms with E-state index < -0.39 is 12.1 Å². The molecule has 4 nitrogen and oxygen atoms in total. The predicted octanol–water partition coefficient (Wildman–Crippen LogP) is 3.40. The predicted molar refractivity (Wildman–Crippen MR) is 87.8 cm³/mol. The zero-order chi connectivity index (χ0) is 16.8. The Bertz CT molecular complexity index is 616. The van der Waals surface area contributed by atoms with Crippen LogP contribution in [0.3, 0.4) is 0 Å². The van der Waals surface area contributed by atoms with E-state index in [1.807, 2.05) is 37.3 Å². The first kappa shape index (κ1) is 17.2. The molecule has 0 bridgehead atoms. The fourth-order valence-corrected chi connectivity index (χ4v) is 2.67. The Morgan fingerprint density at radius 2 is 2.04 bits per heavy atom. The second kappa shape index (κ2) is 7.88. The van der Waals surface area contributed by atoms with Crippen molar-refractivity contribution in [1.29, 1.82) is 0 Å². The molecule has 0 spiro atoms. The highest BCUT2D eigenvalue weighted by Gasteiger charge is 2.26. The van der Waals surface area contributed by atoms with E-state index in [1.165, 1.54) is 7.11 Å². The van der Waals surface area contributed by atoms with E-state index in [-0.39, 0.29) is 18.3 Å². The van der Waals surface area contributed by atoms with Gasteiger partial charge in [0.05, 0.1) is 0 Å². The van der Waals surface area contributed by atoms with Crippen LogP contribution < -0.4 is 0 Å². The van der Waals surface area contributed by atoms with Gasteiger partial charge < -0.3 is 9.47 Å². The molecule has 0 heterocycles. The third-order valence-electron chi connectivity index (χ3n) is 4.00. The van der Waals surface area contributed by atoms with Gasteiger partial charge in [-0.15, -0.1) is 0 Å². The highest BCUT2D eigenvalue weighted by atomic mass is 16.6. The van der Waals surface area contributed by atoms with Crippen molar-refractivity contribution in [2.24, 2.45) is 5.92 Å². The van der Waals surface area contributed by atoms with Crippen molar-refractivity contribution in [1.82, 2.24) is 0 Å². The average molecular weight is 314 g/mol. The third-order valence-corrected chi connectivity index (χ3v) is 4.00. The summed E-state index contributed by atoms with van der Waals surface area (Å²) >= 11 is 0. The lowest BCUT2D eigenvalue weighted by Gasteiger charge is -2.22. The zero-order valence-electron chi connectivity index (χ0n) is 13.6. The molecule has 1 aromatic rings. The van der Waals surface area contributed by atoms with E-state index in [4.69, 9.17) is 9.47 Å². The summed E-state index contributed by atoms with van der Waals surface area (Å²) in [5.41, 5.74) is 2.45. The van der Waals surface area contributed by atoms with Crippen molar-refractivity contribution in [3.63, 3.8) is 0 Å². The molecule has 0 N–H and O–H groups in total. The minimum Gasteiger partial charge on any atom is -0.459 e. The topological polar surface area (TPSA) is 52.6 Å². The van der Waals surface area contributed by atoms with Crippen LogP contribution in [-0.2, 0) is 19.1 Å². The molecule has 0 amide bonds. The summed E-state index contributed by atoms with van der Waals surface area (Å²) in [5, 5.41) is 0. The maximum Gasteiger partial charge on any atom is 0.340 e. The fraction of sp³-hybridized carbons (Fsp3) is 0.368. The summed E-state index contributed by atoms with van der Waals surface area (Å²) in [5.74, 6) is -0.694. The molecule has 0 unspecified atom stereocenters. The zero-order valence-corrected chi connectivity index (χ0v) is 13.6. The Kier molecular flexibility index (Phi) is 5.88. The lowest BCUT2D eigenvalue weighted by molar-refractivity contribution is -0.155. The maximum atomic E-state index is 12.2. The monoisotopic (exact) mass is 314 g/mol. The standard InChI is InChI=1S/C19H22O4/c1-13-9-10-16(17(20)11-13)14(2)12-23-19(21)18(22-3)15-7-5-4-6-8-15/h4-8,11,16,18H,2,9-10,12H2,1,3H3/t16-,18+/m1/s1. The summed E-state index contributed by atoms with van der Waals surface area (Å²) in [6, 6.07) is 9.16. The largest absolute Gasteiger partial charge is 0.459 e. The van der Waals surface area contributed by atoms with Crippen LogP contribution in [0.1, 0.15) is 31.4 Å². The number of ketones is 1. The lowest BCUT2D eigenvalue weighted by atomic mass is 9.84. The van der Waals surface area contributed by atoms with E-state index in [0.29, 0.717) is 5.57 Å². The van der Waals surface area contributed by atoms with Gasteiger partial charge in [0.2, 0.25) is 0 Å². The molecule has 0 radical (unpaired) electrons. The van der Waals surface area contributed by atoms with Crippen LogP contribution >= 0.6 is 0 Å². The smallest absolute Gasteiger partial charge is 0.340 e. The molecule has 2 rings (SSSR count). The number of carbonyl (C=O) groups excluding carboxylic acids is 2. The van der Waals surface area contributed by atoms with Gasteiger partial charge in [-0.25, -0.2) is 4.79 Å². The quantitative estimate of drug-likeness (QED) is 0.596. The van der Waals surface area contributed by atoms with E-state index in [0.717, 1.165) is 24.0 Å². The molecule has 0 aromatic heterocycles. The van der Waals surface area contributed by atoms with Gasteiger partial charge in [-0.1, -0.05) is 42.5 Å². The first-order chi connectivity index (χ1) is 11.0. The fourth-order valence-electron chi connectivity index (χ4n) is 2.67. The molecule has 1 aliphatic carbocycles. The summed E-state index contributed by atoms with van der Waals surface area (Å²) in [4.78, 5) is 24.2. The number of ether oxygens (including phenoxy) is 2. The van der Waals surface area contributed by atoms with Crippen LogP contribution in [-0.4, -0.2) is 25.5 Å². The first-order valence-corrected chi connectivity index (χ1v) is 7.66. The van der Waals surface area contributed by atoms with Crippen molar-refractivity contribution >= 4 is 11.8 Å². The SMILES string of the molecule is C=C(COC(=O)[C@@H](OC)c1ccccc1)[C@H]1CCC(C)=CC1=O. The Balaban J connectivity index is 1.93. The molecule has 4 heteroatoms. The minimum atomic E-state index is -0.770. The summed E-state index contributed by atoms with van der Waals surface area (Å²) < 4.78 is 10.5. The van der Waals surface area contributed by atoms with Crippen molar-refractivity contribution in [3.8, 4) is 0 Å². The number of carbonyl (C=O) groups is 2. The molecule has 0 aliphatic heterocycles. The van der Waals surface area contributed by atoms with E-state index in [2.05, 4.69) is 6.58 Å². The first-order valence-electron chi connectivity index (χ1n) is 7.66. The lowest BCUT2D eigenvalue weighted by Crippen LogP contribution is -2.24. The molecule has 122 valence electrons.